The summed E-state index contributed by atoms with van der Waals surface area (Å²) in [6.45, 7) is 3.69. The summed E-state index contributed by atoms with van der Waals surface area (Å²) < 4.78 is 5.33. The summed E-state index contributed by atoms with van der Waals surface area (Å²) >= 11 is 1.25. The van der Waals surface area contributed by atoms with Gasteiger partial charge in [0, 0.05) is 18.8 Å². The third-order valence-electron chi connectivity index (χ3n) is 2.43. The molecule has 0 spiro atoms. The number of rotatable bonds is 5. The van der Waals surface area contributed by atoms with Crippen LogP contribution in [0.2, 0.25) is 0 Å². The van der Waals surface area contributed by atoms with E-state index in [9.17, 15) is 9.59 Å². The number of nitrogens with two attached hydrogens (primary N) is 1. The highest BCUT2D eigenvalue weighted by Crippen LogP contribution is 2.09. The quantitative estimate of drug-likeness (QED) is 0.686. The van der Waals surface area contributed by atoms with E-state index in [1.54, 1.807) is 4.90 Å². The van der Waals surface area contributed by atoms with Crippen molar-refractivity contribution < 1.29 is 19.4 Å². The topological polar surface area (TPSA) is 92.9 Å². The maximum absolute atomic E-state index is 11.8. The maximum Gasteiger partial charge on any atom is 0.321 e. The van der Waals surface area contributed by atoms with E-state index in [1.807, 2.05) is 6.92 Å². The van der Waals surface area contributed by atoms with Crippen LogP contribution in [0.1, 0.15) is 6.92 Å². The van der Waals surface area contributed by atoms with E-state index in [-0.39, 0.29) is 23.5 Å². The lowest BCUT2D eigenvalue weighted by atomic mass is 10.3. The first-order chi connectivity index (χ1) is 8.00. The van der Waals surface area contributed by atoms with Gasteiger partial charge in [0.25, 0.3) is 0 Å². The van der Waals surface area contributed by atoms with Crippen molar-refractivity contribution in [3.8, 4) is 0 Å². The normalized spacial score (nSPS) is 22.2. The van der Waals surface area contributed by atoms with Gasteiger partial charge in [0.2, 0.25) is 5.91 Å². The van der Waals surface area contributed by atoms with Gasteiger partial charge in [-0.05, 0) is 6.92 Å². The van der Waals surface area contributed by atoms with Crippen LogP contribution in [-0.4, -0.2) is 65.2 Å². The van der Waals surface area contributed by atoms with Crippen LogP contribution in [0.5, 0.6) is 0 Å². The van der Waals surface area contributed by atoms with E-state index < -0.39 is 12.0 Å². The number of ether oxygens (including phenoxy) is 1. The van der Waals surface area contributed by atoms with Crippen LogP contribution in [0.25, 0.3) is 0 Å². The van der Waals surface area contributed by atoms with Crippen molar-refractivity contribution in [1.82, 2.24) is 4.90 Å². The third kappa shape index (κ3) is 4.93. The van der Waals surface area contributed by atoms with Crippen LogP contribution in [0.3, 0.4) is 0 Å². The molecule has 0 aliphatic carbocycles. The Balaban J connectivity index is 2.22. The zero-order valence-electron chi connectivity index (χ0n) is 9.80. The summed E-state index contributed by atoms with van der Waals surface area (Å²) in [5.41, 5.74) is 5.34. The molecule has 0 radical (unpaired) electrons. The fourth-order valence-electron chi connectivity index (χ4n) is 1.48. The molecular weight excluding hydrogens is 244 g/mol. The number of carboxylic acid groups (broad SMARTS) is 1. The molecule has 0 bridgehead atoms. The number of morpholine rings is 1. The van der Waals surface area contributed by atoms with E-state index in [4.69, 9.17) is 15.6 Å². The molecule has 3 N–H and O–H groups in total. The molecular formula is C10H18N2O4S. The Hall–Kier alpha value is -0.790. The van der Waals surface area contributed by atoms with Crippen LogP contribution in [-0.2, 0) is 14.3 Å². The number of aliphatic carboxylic acids is 1. The number of hydrogen-bond acceptors (Lipinski definition) is 5. The summed E-state index contributed by atoms with van der Waals surface area (Å²) in [7, 11) is 0. The van der Waals surface area contributed by atoms with Gasteiger partial charge in [-0.2, -0.15) is 0 Å². The standard InChI is InChI=1S/C10H18N2O4S/c1-7-4-12(2-3-16-7)9(13)6-17-5-8(11)10(14)15/h7-8H,2-6,11H2,1H3,(H,14,15)/t7?,8-/m1/s1. The Kier molecular flexibility index (Phi) is 5.73. The summed E-state index contributed by atoms with van der Waals surface area (Å²) in [6, 6.07) is -0.906. The molecule has 0 aromatic carbocycles. The van der Waals surface area contributed by atoms with Gasteiger partial charge in [0.1, 0.15) is 6.04 Å². The van der Waals surface area contributed by atoms with Crippen molar-refractivity contribution in [2.24, 2.45) is 5.73 Å². The van der Waals surface area contributed by atoms with Crippen molar-refractivity contribution in [2.75, 3.05) is 31.2 Å². The van der Waals surface area contributed by atoms with Crippen molar-refractivity contribution in [3.63, 3.8) is 0 Å². The van der Waals surface area contributed by atoms with Crippen LogP contribution in [0, 0.1) is 0 Å². The summed E-state index contributed by atoms with van der Waals surface area (Å²) in [5.74, 6) is -0.498. The minimum absolute atomic E-state index is 0.0164. The van der Waals surface area contributed by atoms with Crippen molar-refractivity contribution in [1.29, 1.82) is 0 Å². The van der Waals surface area contributed by atoms with Gasteiger partial charge in [-0.25, -0.2) is 0 Å². The molecule has 1 fully saturated rings. The average Bonchev–Trinajstić information content (AvgIpc) is 2.28. The van der Waals surface area contributed by atoms with Crippen LogP contribution < -0.4 is 5.73 Å². The number of hydrogen-bond donors (Lipinski definition) is 2. The number of thioether (sulfide) groups is 1. The van der Waals surface area contributed by atoms with Gasteiger partial charge in [-0.3, -0.25) is 9.59 Å². The zero-order valence-corrected chi connectivity index (χ0v) is 10.6. The van der Waals surface area contributed by atoms with Gasteiger partial charge in [-0.1, -0.05) is 0 Å². The van der Waals surface area contributed by atoms with Gasteiger partial charge >= 0.3 is 5.97 Å². The van der Waals surface area contributed by atoms with Crippen LogP contribution in [0.15, 0.2) is 0 Å². The van der Waals surface area contributed by atoms with E-state index in [1.165, 1.54) is 11.8 Å². The molecule has 0 saturated carbocycles. The van der Waals surface area contributed by atoms with Crippen molar-refractivity contribution in [2.45, 2.75) is 19.1 Å². The van der Waals surface area contributed by atoms with Gasteiger partial charge in [0.05, 0.1) is 18.5 Å². The molecule has 1 heterocycles. The molecule has 6 nitrogen and oxygen atoms in total. The smallest absolute Gasteiger partial charge is 0.321 e. The van der Waals surface area contributed by atoms with Gasteiger partial charge < -0.3 is 20.5 Å². The van der Waals surface area contributed by atoms with Gasteiger partial charge in [-0.15, -0.1) is 11.8 Å². The SMILES string of the molecule is CC1CN(C(=O)CSC[C@@H](N)C(=O)O)CCO1. The number of carbonyl (C=O) groups is 2. The summed E-state index contributed by atoms with van der Waals surface area (Å²) in [4.78, 5) is 24.0. The van der Waals surface area contributed by atoms with Crippen LogP contribution in [0.4, 0.5) is 0 Å². The Bertz CT molecular complexity index is 287. The Morgan fingerprint density at radius 3 is 2.94 bits per heavy atom. The van der Waals surface area contributed by atoms with E-state index in [0.717, 1.165) is 0 Å². The largest absolute Gasteiger partial charge is 0.480 e. The molecule has 1 unspecified atom stereocenters. The molecule has 17 heavy (non-hydrogen) atoms. The number of carbonyl (C=O) groups excluding carboxylic acids is 1. The zero-order chi connectivity index (χ0) is 12.8. The van der Waals surface area contributed by atoms with Crippen molar-refractivity contribution in [3.05, 3.63) is 0 Å². The lowest BCUT2D eigenvalue weighted by Crippen LogP contribution is -2.45. The molecule has 1 aliphatic rings. The second-order valence-corrected chi connectivity index (χ2v) is 5.01. The molecule has 1 rings (SSSR count). The first-order valence-electron chi connectivity index (χ1n) is 5.46. The average molecular weight is 262 g/mol. The van der Waals surface area contributed by atoms with Gasteiger partial charge in [0.15, 0.2) is 0 Å². The second kappa shape index (κ2) is 6.83. The predicted octanol–water partition coefficient (Wildman–Crippen LogP) is -0.621. The molecule has 7 heteroatoms. The Labute approximate surface area is 104 Å². The van der Waals surface area contributed by atoms with E-state index >= 15 is 0 Å². The Morgan fingerprint density at radius 2 is 2.35 bits per heavy atom. The minimum atomic E-state index is -1.04. The summed E-state index contributed by atoms with van der Waals surface area (Å²) in [5, 5.41) is 8.58. The van der Waals surface area contributed by atoms with E-state index in [2.05, 4.69) is 0 Å². The summed E-state index contributed by atoms with van der Waals surface area (Å²) in [6.07, 6.45) is 0.0685. The van der Waals surface area contributed by atoms with Crippen LogP contribution >= 0.6 is 11.8 Å². The molecule has 98 valence electrons. The predicted molar refractivity (Wildman–Crippen MR) is 64.9 cm³/mol. The lowest BCUT2D eigenvalue weighted by Gasteiger charge is -2.31. The molecule has 1 amide bonds. The molecule has 1 saturated heterocycles. The number of carboxylic acids is 1. The minimum Gasteiger partial charge on any atom is -0.480 e. The fraction of sp³-hybridized carbons (Fsp3) is 0.800. The van der Waals surface area contributed by atoms with E-state index in [0.29, 0.717) is 19.7 Å². The molecule has 1 aliphatic heterocycles. The first kappa shape index (κ1) is 14.3. The highest BCUT2D eigenvalue weighted by molar-refractivity contribution is 8.00. The molecule has 0 aromatic heterocycles. The number of nitrogens with zero attached hydrogens (tertiary/aromatic N) is 1. The second-order valence-electron chi connectivity index (χ2n) is 3.98. The highest BCUT2D eigenvalue weighted by Gasteiger charge is 2.21. The highest BCUT2D eigenvalue weighted by atomic mass is 32.2. The maximum atomic E-state index is 11.8. The lowest BCUT2D eigenvalue weighted by molar-refractivity contribution is -0.138. The molecule has 0 aromatic rings. The molecule has 2 atom stereocenters. The monoisotopic (exact) mass is 262 g/mol. The third-order valence-corrected chi connectivity index (χ3v) is 3.48. The first-order valence-corrected chi connectivity index (χ1v) is 6.61. The fourth-order valence-corrected chi connectivity index (χ4v) is 2.35. The Morgan fingerprint density at radius 1 is 1.65 bits per heavy atom. The number of amides is 1. The van der Waals surface area contributed by atoms with Crippen molar-refractivity contribution >= 4 is 23.6 Å².